The van der Waals surface area contributed by atoms with Crippen molar-refractivity contribution in [3.8, 4) is 0 Å². The third kappa shape index (κ3) is 4.49. The van der Waals surface area contributed by atoms with Gasteiger partial charge in [-0.15, -0.1) is 0 Å². The number of benzene rings is 1. The zero-order chi connectivity index (χ0) is 20.1. The van der Waals surface area contributed by atoms with Gasteiger partial charge in [-0.1, -0.05) is 30.3 Å². The minimum atomic E-state index is -0.695. The van der Waals surface area contributed by atoms with Crippen molar-refractivity contribution >= 4 is 23.8 Å². The van der Waals surface area contributed by atoms with E-state index in [0.29, 0.717) is 25.8 Å². The lowest BCUT2D eigenvalue weighted by atomic mass is 9.83. The van der Waals surface area contributed by atoms with Gasteiger partial charge in [-0.05, 0) is 18.4 Å². The van der Waals surface area contributed by atoms with Crippen LogP contribution < -0.4 is 5.32 Å². The molecule has 3 atom stereocenters. The van der Waals surface area contributed by atoms with Crippen molar-refractivity contribution in [3.05, 3.63) is 35.9 Å². The van der Waals surface area contributed by atoms with Crippen LogP contribution in [0.4, 0.5) is 4.79 Å². The maximum absolute atomic E-state index is 12.8. The van der Waals surface area contributed by atoms with Crippen LogP contribution in [-0.2, 0) is 30.5 Å². The van der Waals surface area contributed by atoms with E-state index in [4.69, 9.17) is 9.47 Å². The van der Waals surface area contributed by atoms with Crippen molar-refractivity contribution < 1.29 is 28.7 Å². The lowest BCUT2D eigenvalue weighted by molar-refractivity contribution is -0.153. The Morgan fingerprint density at radius 3 is 2.64 bits per heavy atom. The second-order valence-corrected chi connectivity index (χ2v) is 7.06. The number of nitrogens with one attached hydrogen (secondary N) is 1. The number of Topliss-reactive ketones (excluding diaryl/α,β-unsaturated/α-hetero) is 1. The molecule has 2 amide bonds. The number of alkyl carbamates (subject to hydrolysis) is 1. The van der Waals surface area contributed by atoms with Crippen molar-refractivity contribution in [1.82, 2.24) is 10.2 Å². The molecular formula is C20H24N2O6. The average molecular weight is 388 g/mol. The number of ether oxygens (including phenoxy) is 2. The number of nitrogens with zero attached hydrogens (tertiary/aromatic N) is 1. The smallest absolute Gasteiger partial charge is 0.408 e. The molecule has 0 radical (unpaired) electrons. The predicted molar refractivity (Wildman–Crippen MR) is 98.0 cm³/mol. The number of ketones is 1. The lowest BCUT2D eigenvalue weighted by Crippen LogP contribution is -2.50. The summed E-state index contributed by atoms with van der Waals surface area (Å²) in [5.74, 6) is -1.40. The van der Waals surface area contributed by atoms with Gasteiger partial charge in [0.15, 0.2) is 0 Å². The van der Waals surface area contributed by atoms with Gasteiger partial charge < -0.3 is 19.7 Å². The number of carbonyl (C=O) groups is 4. The van der Waals surface area contributed by atoms with Crippen molar-refractivity contribution in [2.75, 3.05) is 13.7 Å². The Morgan fingerprint density at radius 2 is 1.93 bits per heavy atom. The van der Waals surface area contributed by atoms with E-state index in [-0.39, 0.29) is 30.8 Å². The summed E-state index contributed by atoms with van der Waals surface area (Å²) >= 11 is 0. The Balaban J connectivity index is 1.56. The third-order valence-electron chi connectivity index (χ3n) is 5.28. The van der Waals surface area contributed by atoms with Crippen molar-refractivity contribution in [1.29, 1.82) is 0 Å². The fourth-order valence-corrected chi connectivity index (χ4v) is 3.83. The Morgan fingerprint density at radius 1 is 1.18 bits per heavy atom. The molecule has 1 aromatic carbocycles. The van der Waals surface area contributed by atoms with E-state index in [0.717, 1.165) is 5.56 Å². The van der Waals surface area contributed by atoms with E-state index in [1.165, 1.54) is 7.11 Å². The van der Waals surface area contributed by atoms with E-state index in [1.807, 2.05) is 30.3 Å². The number of hydrogen-bond donors (Lipinski definition) is 1. The predicted octanol–water partition coefficient (Wildman–Crippen LogP) is 1.42. The molecule has 1 aliphatic carbocycles. The molecule has 2 aliphatic rings. The summed E-state index contributed by atoms with van der Waals surface area (Å²) in [6.07, 6.45) is 0.609. The molecule has 1 aliphatic heterocycles. The Labute approximate surface area is 163 Å². The zero-order valence-electron chi connectivity index (χ0n) is 15.8. The minimum absolute atomic E-state index is 0.00235. The number of amides is 2. The first-order valence-corrected chi connectivity index (χ1v) is 9.37. The molecule has 1 saturated carbocycles. The fraction of sp³-hybridized carbons (Fsp3) is 0.500. The van der Waals surface area contributed by atoms with Gasteiger partial charge in [0.1, 0.15) is 18.4 Å². The molecule has 8 nitrogen and oxygen atoms in total. The monoisotopic (exact) mass is 388 g/mol. The van der Waals surface area contributed by atoms with Crippen LogP contribution in [0.1, 0.15) is 31.2 Å². The SMILES string of the molecule is COC(=O)C1CC(=O)CCC1N1CCC(NC(=O)OCc2ccccc2)C1=O. The second kappa shape index (κ2) is 8.86. The Kier molecular flexibility index (Phi) is 6.28. The molecule has 2 fully saturated rings. The van der Waals surface area contributed by atoms with Crippen molar-refractivity contribution in [2.45, 2.75) is 44.4 Å². The number of rotatable bonds is 5. The first-order chi connectivity index (χ1) is 13.5. The van der Waals surface area contributed by atoms with E-state index in [1.54, 1.807) is 4.90 Å². The molecule has 3 rings (SSSR count). The summed E-state index contributed by atoms with van der Waals surface area (Å²) < 4.78 is 9.98. The van der Waals surface area contributed by atoms with Gasteiger partial charge >= 0.3 is 12.1 Å². The molecule has 0 spiro atoms. The normalized spacial score (nSPS) is 24.8. The fourth-order valence-electron chi connectivity index (χ4n) is 3.83. The van der Waals surface area contributed by atoms with E-state index < -0.39 is 24.0 Å². The first kappa shape index (κ1) is 19.9. The van der Waals surface area contributed by atoms with Crippen LogP contribution in [0.3, 0.4) is 0 Å². The number of esters is 1. The third-order valence-corrected chi connectivity index (χ3v) is 5.28. The highest BCUT2D eigenvalue weighted by Gasteiger charge is 2.44. The maximum Gasteiger partial charge on any atom is 0.408 e. The molecule has 1 N–H and O–H groups in total. The summed E-state index contributed by atoms with van der Waals surface area (Å²) in [7, 11) is 1.28. The van der Waals surface area contributed by atoms with Crippen LogP contribution in [0.15, 0.2) is 30.3 Å². The highest BCUT2D eigenvalue weighted by molar-refractivity contribution is 5.90. The highest BCUT2D eigenvalue weighted by Crippen LogP contribution is 2.30. The van der Waals surface area contributed by atoms with Gasteiger partial charge in [-0.3, -0.25) is 14.4 Å². The van der Waals surface area contributed by atoms with Crippen LogP contribution in [0.2, 0.25) is 0 Å². The minimum Gasteiger partial charge on any atom is -0.469 e. The van der Waals surface area contributed by atoms with Crippen LogP contribution in [0.5, 0.6) is 0 Å². The average Bonchev–Trinajstić information content (AvgIpc) is 3.06. The largest absolute Gasteiger partial charge is 0.469 e. The van der Waals surface area contributed by atoms with Crippen LogP contribution in [0, 0.1) is 5.92 Å². The zero-order valence-corrected chi connectivity index (χ0v) is 15.8. The number of carbonyl (C=O) groups excluding carboxylic acids is 4. The standard InChI is InChI=1S/C20H24N2O6/c1-27-19(25)15-11-14(23)7-8-17(15)22-10-9-16(18(22)24)21-20(26)28-12-13-5-3-2-4-6-13/h2-6,15-17H,7-12H2,1H3,(H,21,26). The van der Waals surface area contributed by atoms with E-state index >= 15 is 0 Å². The molecule has 0 bridgehead atoms. The van der Waals surface area contributed by atoms with E-state index in [2.05, 4.69) is 5.32 Å². The van der Waals surface area contributed by atoms with Crippen molar-refractivity contribution in [3.63, 3.8) is 0 Å². The molecule has 28 heavy (non-hydrogen) atoms. The number of methoxy groups -OCH3 is 1. The summed E-state index contributed by atoms with van der Waals surface area (Å²) in [5.41, 5.74) is 0.852. The van der Waals surface area contributed by atoms with Gasteiger partial charge in [-0.2, -0.15) is 0 Å². The van der Waals surface area contributed by atoms with E-state index in [9.17, 15) is 19.2 Å². The quantitative estimate of drug-likeness (QED) is 0.766. The van der Waals surface area contributed by atoms with Gasteiger partial charge in [0, 0.05) is 25.4 Å². The van der Waals surface area contributed by atoms with Crippen molar-refractivity contribution in [2.24, 2.45) is 5.92 Å². The first-order valence-electron chi connectivity index (χ1n) is 9.37. The summed E-state index contributed by atoms with van der Waals surface area (Å²) in [5, 5.41) is 2.60. The summed E-state index contributed by atoms with van der Waals surface area (Å²) in [4.78, 5) is 50.2. The Hall–Kier alpha value is -2.90. The molecule has 1 saturated heterocycles. The molecule has 8 heteroatoms. The second-order valence-electron chi connectivity index (χ2n) is 7.06. The lowest BCUT2D eigenvalue weighted by Gasteiger charge is -2.35. The number of hydrogen-bond acceptors (Lipinski definition) is 6. The summed E-state index contributed by atoms with van der Waals surface area (Å²) in [6, 6.07) is 8.17. The maximum atomic E-state index is 12.8. The molecule has 1 heterocycles. The van der Waals surface area contributed by atoms with Crippen LogP contribution >= 0.6 is 0 Å². The molecule has 150 valence electrons. The van der Waals surface area contributed by atoms with Crippen LogP contribution in [-0.4, -0.2) is 54.4 Å². The number of likely N-dealkylation sites (tertiary alicyclic amines) is 1. The van der Waals surface area contributed by atoms with Gasteiger partial charge in [0.05, 0.1) is 13.0 Å². The van der Waals surface area contributed by atoms with Gasteiger partial charge in [0.25, 0.3) is 0 Å². The topological polar surface area (TPSA) is 102 Å². The molecular weight excluding hydrogens is 364 g/mol. The van der Waals surface area contributed by atoms with Gasteiger partial charge in [0.2, 0.25) is 5.91 Å². The Bertz CT molecular complexity index is 750. The molecule has 3 unspecified atom stereocenters. The van der Waals surface area contributed by atoms with Gasteiger partial charge in [-0.25, -0.2) is 4.79 Å². The molecule has 1 aromatic rings. The molecule has 0 aromatic heterocycles. The van der Waals surface area contributed by atoms with Crippen LogP contribution in [0.25, 0.3) is 0 Å². The summed E-state index contributed by atoms with van der Waals surface area (Å²) in [6.45, 7) is 0.529. The highest BCUT2D eigenvalue weighted by atomic mass is 16.5.